The van der Waals surface area contributed by atoms with Crippen molar-refractivity contribution >= 4 is 11.2 Å². The minimum absolute atomic E-state index is 0.345. The summed E-state index contributed by atoms with van der Waals surface area (Å²) in [6.07, 6.45) is 1.62. The maximum absolute atomic E-state index is 12.4. The molecule has 0 amide bonds. The lowest BCUT2D eigenvalue weighted by atomic mass is 10.0. The zero-order valence-electron chi connectivity index (χ0n) is 14.7. The fraction of sp³-hybridized carbons (Fsp3) is 0.150. The number of aromatic nitrogens is 2. The second-order valence-corrected chi connectivity index (χ2v) is 6.93. The summed E-state index contributed by atoms with van der Waals surface area (Å²) in [5.41, 5.74) is 3.40. The number of imidazole rings is 1. The first-order valence-corrected chi connectivity index (χ1v) is 9.36. The lowest BCUT2D eigenvalue weighted by Crippen LogP contribution is -2.06. The molecule has 1 N–H and O–H groups in total. The predicted octanol–water partition coefficient (Wildman–Crippen LogP) is 4.05. The number of nitrogens with zero attached hydrogens (tertiary/aromatic N) is 1. The van der Waals surface area contributed by atoms with Gasteiger partial charge < -0.3 is 14.0 Å². The Hall–Kier alpha value is -2.70. The molecule has 0 spiro atoms. The number of hydrogen-bond acceptors (Lipinski definition) is 4. The second kappa shape index (κ2) is 8.12. The summed E-state index contributed by atoms with van der Waals surface area (Å²) in [6.45, 7) is 3.65. The van der Waals surface area contributed by atoms with Gasteiger partial charge in [0.05, 0.1) is 19.9 Å². The first-order chi connectivity index (χ1) is 12.7. The Labute approximate surface area is 155 Å². The maximum Gasteiger partial charge on any atom is 0.321 e. The molecule has 0 fully saturated rings. The molecule has 0 radical (unpaired) electrons. The molecule has 0 aliphatic rings. The fourth-order valence-corrected chi connectivity index (χ4v) is 3.35. The number of nitrogens with one attached hydrogen (secondary N) is 1. The van der Waals surface area contributed by atoms with Crippen LogP contribution in [0.15, 0.2) is 66.3 Å². The lowest BCUT2D eigenvalue weighted by molar-refractivity contribution is 0.414. The highest BCUT2D eigenvalue weighted by Gasteiger charge is 2.21. The van der Waals surface area contributed by atoms with E-state index in [9.17, 15) is 4.55 Å². The molecular formula is C20H20N2O3S. The van der Waals surface area contributed by atoms with Gasteiger partial charge in [-0.05, 0) is 54.6 Å². The van der Waals surface area contributed by atoms with Crippen molar-refractivity contribution in [1.82, 2.24) is 9.97 Å². The number of H-pyrrole nitrogens is 1. The average Bonchev–Trinajstić information content (AvgIpc) is 3.14. The van der Waals surface area contributed by atoms with Crippen molar-refractivity contribution in [2.75, 3.05) is 20.0 Å². The number of hydrogen-bond donors (Lipinski definition) is 1. The molecule has 2 aromatic carbocycles. The summed E-state index contributed by atoms with van der Waals surface area (Å²) in [4.78, 5) is 7.81. The minimum Gasteiger partial charge on any atom is -0.609 e. The van der Waals surface area contributed by atoms with Crippen molar-refractivity contribution in [3.05, 3.63) is 61.2 Å². The van der Waals surface area contributed by atoms with Crippen LogP contribution in [0.2, 0.25) is 0 Å². The SMILES string of the molecule is C=CC[S+]([O-])c1nc(-c2ccc(OC)cc2)c(-c2ccc(OC)cc2)[nH]1. The molecule has 3 aromatic rings. The summed E-state index contributed by atoms with van der Waals surface area (Å²) >= 11 is -1.27. The molecule has 134 valence electrons. The monoisotopic (exact) mass is 368 g/mol. The topological polar surface area (TPSA) is 70.2 Å². The van der Waals surface area contributed by atoms with Crippen LogP contribution in [0.25, 0.3) is 22.5 Å². The van der Waals surface area contributed by atoms with Crippen LogP contribution in [0.5, 0.6) is 11.5 Å². The van der Waals surface area contributed by atoms with Crippen molar-refractivity contribution in [2.24, 2.45) is 0 Å². The highest BCUT2D eigenvalue weighted by atomic mass is 32.2. The van der Waals surface area contributed by atoms with Gasteiger partial charge in [0.2, 0.25) is 0 Å². The summed E-state index contributed by atoms with van der Waals surface area (Å²) in [5, 5.41) is 0.432. The smallest absolute Gasteiger partial charge is 0.321 e. The first kappa shape index (κ1) is 18.1. The van der Waals surface area contributed by atoms with Crippen molar-refractivity contribution in [1.29, 1.82) is 0 Å². The van der Waals surface area contributed by atoms with E-state index >= 15 is 0 Å². The summed E-state index contributed by atoms with van der Waals surface area (Å²) < 4.78 is 22.8. The zero-order chi connectivity index (χ0) is 18.5. The number of benzene rings is 2. The Morgan fingerprint density at radius 3 is 2.04 bits per heavy atom. The third-order valence-electron chi connectivity index (χ3n) is 3.91. The molecule has 6 heteroatoms. The quantitative estimate of drug-likeness (QED) is 0.504. The summed E-state index contributed by atoms with van der Waals surface area (Å²) in [6, 6.07) is 15.3. The van der Waals surface area contributed by atoms with E-state index in [1.54, 1.807) is 20.3 Å². The molecule has 0 aliphatic carbocycles. The Bertz CT molecular complexity index is 808. The molecule has 0 saturated heterocycles. The van der Waals surface area contributed by atoms with Crippen molar-refractivity contribution in [3.8, 4) is 34.0 Å². The minimum atomic E-state index is -1.27. The Morgan fingerprint density at radius 1 is 1.00 bits per heavy atom. The second-order valence-electron chi connectivity index (χ2n) is 5.52. The molecule has 26 heavy (non-hydrogen) atoms. The molecule has 0 saturated carbocycles. The van der Waals surface area contributed by atoms with Gasteiger partial charge in [-0.2, -0.15) is 4.98 Å². The molecule has 1 aromatic heterocycles. The number of methoxy groups -OCH3 is 2. The highest BCUT2D eigenvalue weighted by Crippen LogP contribution is 2.33. The van der Waals surface area contributed by atoms with Crippen LogP contribution in [0, 0.1) is 0 Å². The molecular weight excluding hydrogens is 348 g/mol. The van der Waals surface area contributed by atoms with Gasteiger partial charge >= 0.3 is 5.16 Å². The van der Waals surface area contributed by atoms with Crippen LogP contribution >= 0.6 is 0 Å². The van der Waals surface area contributed by atoms with Gasteiger partial charge in [-0.25, -0.2) is 0 Å². The lowest BCUT2D eigenvalue weighted by Gasteiger charge is -2.05. The van der Waals surface area contributed by atoms with Crippen LogP contribution in [-0.4, -0.2) is 34.5 Å². The molecule has 0 aliphatic heterocycles. The van der Waals surface area contributed by atoms with Gasteiger partial charge in [0.1, 0.15) is 22.9 Å². The van der Waals surface area contributed by atoms with Gasteiger partial charge in [0.25, 0.3) is 0 Å². The van der Waals surface area contributed by atoms with E-state index in [1.165, 1.54) is 0 Å². The summed E-state index contributed by atoms with van der Waals surface area (Å²) in [7, 11) is 3.26. The molecule has 5 nitrogen and oxygen atoms in total. The first-order valence-electron chi connectivity index (χ1n) is 8.04. The van der Waals surface area contributed by atoms with E-state index in [0.717, 1.165) is 34.0 Å². The van der Waals surface area contributed by atoms with Gasteiger partial charge in [0.15, 0.2) is 0 Å². The fourth-order valence-electron chi connectivity index (χ4n) is 2.57. The van der Waals surface area contributed by atoms with Crippen LogP contribution < -0.4 is 9.47 Å². The molecule has 0 bridgehead atoms. The van der Waals surface area contributed by atoms with E-state index < -0.39 is 11.2 Å². The predicted molar refractivity (Wildman–Crippen MR) is 104 cm³/mol. The van der Waals surface area contributed by atoms with Crippen LogP contribution in [-0.2, 0) is 11.2 Å². The van der Waals surface area contributed by atoms with E-state index in [2.05, 4.69) is 16.5 Å². The van der Waals surface area contributed by atoms with Crippen molar-refractivity contribution in [3.63, 3.8) is 0 Å². The molecule has 1 heterocycles. The van der Waals surface area contributed by atoms with Gasteiger partial charge in [-0.15, -0.1) is 0 Å². The largest absolute Gasteiger partial charge is 0.609 e. The van der Waals surface area contributed by atoms with E-state index in [1.807, 2.05) is 48.5 Å². The highest BCUT2D eigenvalue weighted by molar-refractivity contribution is 7.91. The van der Waals surface area contributed by atoms with Crippen molar-refractivity contribution < 1.29 is 14.0 Å². The number of ether oxygens (including phenoxy) is 2. The van der Waals surface area contributed by atoms with E-state index in [4.69, 9.17) is 9.47 Å². The van der Waals surface area contributed by atoms with Gasteiger partial charge in [-0.3, -0.25) is 4.98 Å². The van der Waals surface area contributed by atoms with Crippen LogP contribution in [0.1, 0.15) is 0 Å². The Balaban J connectivity index is 2.08. The summed E-state index contributed by atoms with van der Waals surface area (Å²) in [5.74, 6) is 1.89. The van der Waals surface area contributed by atoms with E-state index in [0.29, 0.717) is 10.9 Å². The van der Waals surface area contributed by atoms with Gasteiger partial charge in [-0.1, -0.05) is 6.58 Å². The Kier molecular flexibility index (Phi) is 5.65. The Morgan fingerprint density at radius 2 is 1.54 bits per heavy atom. The molecule has 1 unspecified atom stereocenters. The standard InChI is InChI=1S/C20H20N2O3S/c1-4-13-26(23)20-21-18(14-5-9-16(24-2)10-6-14)19(22-20)15-7-11-17(25-3)12-8-15/h4-12H,1,13H2,2-3H3,(H,21,22). The van der Waals surface area contributed by atoms with Crippen molar-refractivity contribution in [2.45, 2.75) is 5.16 Å². The average molecular weight is 368 g/mol. The third kappa shape index (κ3) is 3.76. The van der Waals surface area contributed by atoms with Crippen LogP contribution in [0.3, 0.4) is 0 Å². The van der Waals surface area contributed by atoms with Gasteiger partial charge in [0, 0.05) is 22.3 Å². The number of aromatic amines is 1. The molecule has 3 rings (SSSR count). The maximum atomic E-state index is 12.4. The van der Waals surface area contributed by atoms with Crippen LogP contribution in [0.4, 0.5) is 0 Å². The van der Waals surface area contributed by atoms with E-state index in [-0.39, 0.29) is 0 Å². The third-order valence-corrected chi connectivity index (χ3v) is 5.07. The normalized spacial score (nSPS) is 11.8. The molecule has 1 atom stereocenters. The zero-order valence-corrected chi connectivity index (χ0v) is 15.5. The number of rotatable bonds is 7.